The first-order chi connectivity index (χ1) is 41.9. The summed E-state index contributed by atoms with van der Waals surface area (Å²) in [5.74, 6) is 0. The predicted molar refractivity (Wildman–Crippen MR) is 395 cm³/mol. The molecule has 3 aliphatic carbocycles. The van der Waals surface area contributed by atoms with Gasteiger partial charge in [0.05, 0.1) is 5.69 Å². The van der Waals surface area contributed by atoms with Crippen molar-refractivity contribution in [1.29, 1.82) is 0 Å². The summed E-state index contributed by atoms with van der Waals surface area (Å²) >= 11 is 2.05. The lowest BCUT2D eigenvalue weighted by atomic mass is 9.33. The van der Waals surface area contributed by atoms with Crippen LogP contribution >= 0.6 is 11.3 Å². The van der Waals surface area contributed by atoms with Crippen LogP contribution in [-0.2, 0) is 48.7 Å². The summed E-state index contributed by atoms with van der Waals surface area (Å²) in [6.07, 6.45) is 6.93. The molecule has 0 amide bonds. The molecule has 0 unspecified atom stereocenters. The number of hydrogen-bond donors (Lipinski definition) is 0. The van der Waals surface area contributed by atoms with Crippen LogP contribution in [0.2, 0.25) is 0 Å². The van der Waals surface area contributed by atoms with E-state index in [0.29, 0.717) is 0 Å². The van der Waals surface area contributed by atoms with Crippen LogP contribution in [0.25, 0.3) is 20.2 Å². The largest absolute Gasteiger partial charge is 0.311 e. The number of benzene rings is 8. The summed E-state index contributed by atoms with van der Waals surface area (Å²) in [7, 11) is 0. The predicted octanol–water partition coefficient (Wildman–Crippen LogP) is 22.9. The van der Waals surface area contributed by atoms with Crippen LogP contribution in [0, 0.1) is 6.92 Å². The third-order valence-corrected chi connectivity index (χ3v) is 24.5. The Balaban J connectivity index is 1.18. The highest BCUT2D eigenvalue weighted by Crippen LogP contribution is 2.57. The highest BCUT2D eigenvalue weighted by Gasteiger charge is 2.50. The minimum atomic E-state index is -0.0885. The molecule has 0 radical (unpaired) electrons. The van der Waals surface area contributed by atoms with Crippen LogP contribution in [0.3, 0.4) is 0 Å². The van der Waals surface area contributed by atoms with Gasteiger partial charge in [0.2, 0.25) is 0 Å². The molecule has 3 heterocycles. The van der Waals surface area contributed by atoms with Gasteiger partial charge in [0.1, 0.15) is 0 Å². The average Bonchev–Trinajstić information content (AvgIpc) is 0.931. The van der Waals surface area contributed by atoms with Gasteiger partial charge in [-0.1, -0.05) is 212 Å². The summed E-state index contributed by atoms with van der Waals surface area (Å²) in [4.78, 5) is 8.15. The molecule has 0 atom stereocenters. The van der Waals surface area contributed by atoms with Crippen molar-refractivity contribution in [3.05, 3.63) is 189 Å². The second kappa shape index (κ2) is 19.7. The molecule has 0 spiro atoms. The summed E-state index contributed by atoms with van der Waals surface area (Å²) in [5.41, 5.74) is 29.6. The third-order valence-electron chi connectivity index (χ3n) is 23.2. The van der Waals surface area contributed by atoms with Gasteiger partial charge in [-0.2, -0.15) is 0 Å². The SMILES string of the molecule is Cc1cc2c(cc1N1c3cc(N(c4ccc(C(C)(C)C)cc4)c4ccc(C(C)(C)C)cc4)cc4c3B(c3cc5c(cc3N4c3ccc4c(c3)C(C)(C)CCC4(C)C)C(C)(C)CCC5(C)C)c3c1ccc1c3sc3c(C(C)(C)C)cccc31)C(C)(C)CCC2(C)C. The van der Waals surface area contributed by atoms with Gasteiger partial charge in [-0.15, -0.1) is 11.3 Å². The van der Waals surface area contributed by atoms with Crippen molar-refractivity contribution in [2.75, 3.05) is 14.7 Å². The van der Waals surface area contributed by atoms with Crippen LogP contribution in [0.1, 0.15) is 240 Å². The van der Waals surface area contributed by atoms with E-state index in [9.17, 15) is 0 Å². The number of rotatable bonds is 5. The first kappa shape index (κ1) is 61.0. The van der Waals surface area contributed by atoms with E-state index < -0.39 is 0 Å². The first-order valence-corrected chi connectivity index (χ1v) is 35.0. The van der Waals surface area contributed by atoms with E-state index in [2.05, 4.69) is 312 Å². The van der Waals surface area contributed by atoms with Gasteiger partial charge in [-0.3, -0.25) is 0 Å². The number of nitrogens with zero attached hydrogens (tertiary/aromatic N) is 3. The van der Waals surface area contributed by atoms with Gasteiger partial charge in [0, 0.05) is 60.3 Å². The van der Waals surface area contributed by atoms with E-state index in [1.165, 1.54) is 139 Å². The van der Waals surface area contributed by atoms with Gasteiger partial charge in [-0.25, -0.2) is 0 Å². The summed E-state index contributed by atoms with van der Waals surface area (Å²) in [6.45, 7) is 53.5. The summed E-state index contributed by atoms with van der Waals surface area (Å²) < 4.78 is 2.81. The number of fused-ring (bicyclic) bond motifs is 11. The van der Waals surface area contributed by atoms with Crippen LogP contribution in [-0.4, -0.2) is 6.71 Å². The number of anilines is 9. The maximum absolute atomic E-state index is 2.78. The molecule has 1 aromatic heterocycles. The molecule has 14 rings (SSSR count). The molecule has 90 heavy (non-hydrogen) atoms. The third kappa shape index (κ3) is 9.43. The molecular formula is C85H100BN3S. The molecule has 464 valence electrons. The van der Waals surface area contributed by atoms with Crippen molar-refractivity contribution < 1.29 is 0 Å². The molecule has 5 heteroatoms. The molecule has 5 aliphatic rings. The van der Waals surface area contributed by atoms with E-state index in [1.54, 1.807) is 0 Å². The lowest BCUT2D eigenvalue weighted by Gasteiger charge is -2.49. The van der Waals surface area contributed by atoms with Crippen molar-refractivity contribution in [3.8, 4) is 0 Å². The Hall–Kier alpha value is -6.56. The fourth-order valence-corrected chi connectivity index (χ4v) is 18.6. The molecule has 3 nitrogen and oxygen atoms in total. The van der Waals surface area contributed by atoms with Crippen molar-refractivity contribution in [2.24, 2.45) is 0 Å². The second-order valence-corrected chi connectivity index (χ2v) is 36.5. The number of aryl methyl sites for hydroxylation is 1. The topological polar surface area (TPSA) is 9.72 Å². The van der Waals surface area contributed by atoms with Crippen LogP contribution in [0.15, 0.2) is 133 Å². The fourth-order valence-electron chi connectivity index (χ4n) is 17.0. The molecular weight excluding hydrogens is 1110 g/mol. The Morgan fingerprint density at radius 2 is 0.833 bits per heavy atom. The van der Waals surface area contributed by atoms with Crippen LogP contribution in [0.5, 0.6) is 0 Å². The van der Waals surface area contributed by atoms with E-state index >= 15 is 0 Å². The van der Waals surface area contributed by atoms with Gasteiger partial charge in [0.15, 0.2) is 0 Å². The quantitative estimate of drug-likeness (QED) is 0.159. The highest BCUT2D eigenvalue weighted by molar-refractivity contribution is 7.28. The molecule has 2 aliphatic heterocycles. The van der Waals surface area contributed by atoms with Crippen molar-refractivity contribution in [2.45, 2.75) is 240 Å². The van der Waals surface area contributed by atoms with Gasteiger partial charge >= 0.3 is 0 Å². The monoisotopic (exact) mass is 1210 g/mol. The lowest BCUT2D eigenvalue weighted by Crippen LogP contribution is -2.62. The summed E-state index contributed by atoms with van der Waals surface area (Å²) in [5, 5.41) is 2.72. The molecule has 0 saturated heterocycles. The zero-order valence-electron chi connectivity index (χ0n) is 58.8. The van der Waals surface area contributed by atoms with E-state index in [0.717, 1.165) is 42.7 Å². The first-order valence-electron chi connectivity index (χ1n) is 34.2. The zero-order valence-corrected chi connectivity index (χ0v) is 59.6. The smallest absolute Gasteiger partial charge is 0.254 e. The Morgan fingerprint density at radius 3 is 1.34 bits per heavy atom. The lowest BCUT2D eigenvalue weighted by molar-refractivity contribution is 0.332. The molecule has 0 bridgehead atoms. The second-order valence-electron chi connectivity index (χ2n) is 35.5. The Bertz CT molecular complexity index is 4380. The highest BCUT2D eigenvalue weighted by atomic mass is 32.1. The maximum Gasteiger partial charge on any atom is 0.254 e. The Morgan fingerprint density at radius 1 is 0.378 bits per heavy atom. The Kier molecular flexibility index (Phi) is 13.4. The van der Waals surface area contributed by atoms with Crippen LogP contribution < -0.4 is 31.1 Å². The Labute approximate surface area is 545 Å². The molecule has 9 aromatic rings. The number of hydrogen-bond acceptors (Lipinski definition) is 4. The minimum Gasteiger partial charge on any atom is -0.311 e. The van der Waals surface area contributed by atoms with E-state index in [1.807, 2.05) is 0 Å². The van der Waals surface area contributed by atoms with Crippen molar-refractivity contribution >= 4 is 106 Å². The molecule has 8 aromatic carbocycles. The van der Waals surface area contributed by atoms with E-state index in [-0.39, 0.29) is 55.4 Å². The molecule has 0 fully saturated rings. The maximum atomic E-state index is 2.78. The summed E-state index contributed by atoms with van der Waals surface area (Å²) in [6, 6.07) is 54.9. The normalized spacial score (nSPS) is 19.0. The van der Waals surface area contributed by atoms with Crippen LogP contribution in [0.4, 0.5) is 51.2 Å². The zero-order chi connectivity index (χ0) is 64.3. The fraction of sp³-hybridized carbons (Fsp3) is 0.435. The van der Waals surface area contributed by atoms with E-state index in [4.69, 9.17) is 0 Å². The molecule has 0 saturated carbocycles. The van der Waals surface area contributed by atoms with Gasteiger partial charge < -0.3 is 14.7 Å². The van der Waals surface area contributed by atoms with Gasteiger partial charge in [0.25, 0.3) is 6.71 Å². The standard InChI is InChI=1S/C85H100BN3S/c1-51-44-62-65(84(19,20)42-40-81(62,13)14)49-69(51)89-68-37-35-59-58-24-23-25-61(79(8,9)10)75(58)90-76(59)74(68)86-67-48-64-66(85(21,22)43-41-83(64,17)18)50-70(67)88(56-34-36-60-63(45-56)82(15,16)39-38-80(60,11)12)71-46-57(47-72(89)73(71)86)87(54-30-26-52(27-31-54)77(2,3)4)55-32-28-53(29-33-55)78(5,6)7/h23-37,44-50H,38-43H2,1-22H3. The minimum absolute atomic E-state index is 0.00113. The van der Waals surface area contributed by atoms with Crippen molar-refractivity contribution in [3.63, 3.8) is 0 Å². The molecule has 0 N–H and O–H groups in total. The van der Waals surface area contributed by atoms with Gasteiger partial charge in [-0.05, 0) is 238 Å². The number of thiophene rings is 1. The van der Waals surface area contributed by atoms with Crippen molar-refractivity contribution in [1.82, 2.24) is 0 Å². The average molecular weight is 1210 g/mol.